The van der Waals surface area contributed by atoms with Crippen LogP contribution in [0.3, 0.4) is 0 Å². The van der Waals surface area contributed by atoms with Crippen LogP contribution in [0.1, 0.15) is 36.8 Å². The van der Waals surface area contributed by atoms with Crippen LogP contribution in [-0.4, -0.2) is 30.4 Å². The molecule has 3 nitrogen and oxygen atoms in total. The topological polar surface area (TPSA) is 41.5 Å². The van der Waals surface area contributed by atoms with Gasteiger partial charge >= 0.3 is 0 Å². The molecule has 0 bridgehead atoms. The van der Waals surface area contributed by atoms with Gasteiger partial charge in [0.05, 0.1) is 6.61 Å². The summed E-state index contributed by atoms with van der Waals surface area (Å²) < 4.78 is 6.17. The van der Waals surface area contributed by atoms with Crippen molar-refractivity contribution in [2.75, 3.05) is 13.7 Å². The smallest absolute Gasteiger partial charge is 0.122 e. The Kier molecular flexibility index (Phi) is 4.48. The number of benzene rings is 1. The summed E-state index contributed by atoms with van der Waals surface area (Å²) in [5.74, 6) is 0.981. The number of hydrogen-bond donors (Lipinski definition) is 2. The van der Waals surface area contributed by atoms with Crippen molar-refractivity contribution in [3.63, 3.8) is 0 Å². The zero-order chi connectivity index (χ0) is 13.9. The molecule has 1 aromatic carbocycles. The minimum absolute atomic E-state index is 0.166. The first-order valence-corrected chi connectivity index (χ1v) is 7.12. The third-order valence-corrected chi connectivity index (χ3v) is 4.27. The second-order valence-electron chi connectivity index (χ2n) is 5.79. The van der Waals surface area contributed by atoms with Crippen molar-refractivity contribution < 1.29 is 9.84 Å². The van der Waals surface area contributed by atoms with E-state index in [4.69, 9.17) is 4.74 Å². The van der Waals surface area contributed by atoms with Gasteiger partial charge < -0.3 is 15.2 Å². The molecule has 3 heteroatoms. The quantitative estimate of drug-likeness (QED) is 0.877. The summed E-state index contributed by atoms with van der Waals surface area (Å²) in [6, 6.07) is 6.31. The summed E-state index contributed by atoms with van der Waals surface area (Å²) >= 11 is 0. The molecule has 0 aromatic heterocycles. The standard InChI is InChI=1S/C16H25NO2/c1-12-6-7-13(2)15(9-12)19-14-5-4-8-16(10-14,11-18)17-3/h6-7,9,14,17-18H,4-5,8,10-11H2,1-3H3. The second kappa shape index (κ2) is 5.93. The second-order valence-corrected chi connectivity index (χ2v) is 5.79. The minimum Gasteiger partial charge on any atom is -0.490 e. The molecule has 19 heavy (non-hydrogen) atoms. The van der Waals surface area contributed by atoms with Gasteiger partial charge in [-0.2, -0.15) is 0 Å². The summed E-state index contributed by atoms with van der Waals surface area (Å²) in [6.45, 7) is 4.34. The largest absolute Gasteiger partial charge is 0.490 e. The fourth-order valence-corrected chi connectivity index (χ4v) is 2.87. The van der Waals surface area contributed by atoms with Gasteiger partial charge in [0.25, 0.3) is 0 Å². The summed E-state index contributed by atoms with van der Waals surface area (Å²) in [6.07, 6.45) is 4.24. The van der Waals surface area contributed by atoms with Crippen LogP contribution >= 0.6 is 0 Å². The van der Waals surface area contributed by atoms with Gasteiger partial charge in [-0.05, 0) is 57.4 Å². The van der Waals surface area contributed by atoms with Crippen molar-refractivity contribution in [1.29, 1.82) is 0 Å². The molecule has 1 aliphatic carbocycles. The van der Waals surface area contributed by atoms with E-state index in [1.54, 1.807) is 0 Å². The lowest BCUT2D eigenvalue weighted by Crippen LogP contribution is -2.52. The molecule has 0 aliphatic heterocycles. The molecule has 2 rings (SSSR count). The lowest BCUT2D eigenvalue weighted by atomic mass is 9.80. The van der Waals surface area contributed by atoms with Crippen LogP contribution in [0.15, 0.2) is 18.2 Å². The Bertz CT molecular complexity index is 427. The zero-order valence-corrected chi connectivity index (χ0v) is 12.2. The highest BCUT2D eigenvalue weighted by Crippen LogP contribution is 2.31. The first-order valence-electron chi connectivity index (χ1n) is 7.12. The maximum absolute atomic E-state index is 9.61. The van der Waals surface area contributed by atoms with Gasteiger partial charge in [0.1, 0.15) is 11.9 Å². The molecule has 0 spiro atoms. The van der Waals surface area contributed by atoms with Crippen molar-refractivity contribution in [3.05, 3.63) is 29.3 Å². The zero-order valence-electron chi connectivity index (χ0n) is 12.2. The van der Waals surface area contributed by atoms with Gasteiger partial charge in [0.15, 0.2) is 0 Å². The molecule has 0 heterocycles. The lowest BCUT2D eigenvalue weighted by Gasteiger charge is -2.39. The third kappa shape index (κ3) is 3.28. The highest BCUT2D eigenvalue weighted by Gasteiger charge is 2.35. The predicted molar refractivity (Wildman–Crippen MR) is 77.7 cm³/mol. The molecule has 1 fully saturated rings. The highest BCUT2D eigenvalue weighted by molar-refractivity contribution is 5.36. The van der Waals surface area contributed by atoms with Gasteiger partial charge in [-0.25, -0.2) is 0 Å². The average molecular weight is 263 g/mol. The fourth-order valence-electron chi connectivity index (χ4n) is 2.87. The van der Waals surface area contributed by atoms with Gasteiger partial charge in [0.2, 0.25) is 0 Å². The summed E-state index contributed by atoms with van der Waals surface area (Å²) in [5.41, 5.74) is 2.23. The van der Waals surface area contributed by atoms with Gasteiger partial charge in [-0.1, -0.05) is 12.1 Å². The molecular weight excluding hydrogens is 238 g/mol. The Hall–Kier alpha value is -1.06. The third-order valence-electron chi connectivity index (χ3n) is 4.27. The van der Waals surface area contributed by atoms with Crippen LogP contribution in [0.4, 0.5) is 0 Å². The van der Waals surface area contributed by atoms with Crippen molar-refractivity contribution in [2.24, 2.45) is 0 Å². The van der Waals surface area contributed by atoms with Gasteiger partial charge in [0, 0.05) is 12.0 Å². The maximum atomic E-state index is 9.61. The van der Waals surface area contributed by atoms with Crippen LogP contribution in [0.2, 0.25) is 0 Å². The number of hydrogen-bond acceptors (Lipinski definition) is 3. The van der Waals surface area contributed by atoms with E-state index in [0.29, 0.717) is 0 Å². The van der Waals surface area contributed by atoms with Gasteiger partial charge in [-0.3, -0.25) is 0 Å². The van der Waals surface area contributed by atoms with Crippen LogP contribution in [0, 0.1) is 13.8 Å². The summed E-state index contributed by atoms with van der Waals surface area (Å²) in [7, 11) is 1.93. The number of nitrogens with one attached hydrogen (secondary N) is 1. The van der Waals surface area contributed by atoms with Crippen LogP contribution in [0.25, 0.3) is 0 Å². The minimum atomic E-state index is -0.166. The monoisotopic (exact) mass is 263 g/mol. The number of ether oxygens (including phenoxy) is 1. The van der Waals surface area contributed by atoms with E-state index >= 15 is 0 Å². The van der Waals surface area contributed by atoms with Crippen molar-refractivity contribution >= 4 is 0 Å². The van der Waals surface area contributed by atoms with Crippen LogP contribution in [0.5, 0.6) is 5.75 Å². The van der Waals surface area contributed by atoms with E-state index < -0.39 is 0 Å². The molecule has 2 unspecified atom stereocenters. The number of likely N-dealkylation sites (N-methyl/N-ethyl adjacent to an activating group) is 1. The summed E-state index contributed by atoms with van der Waals surface area (Å²) in [5, 5.41) is 12.9. The first-order chi connectivity index (χ1) is 9.08. The maximum Gasteiger partial charge on any atom is 0.122 e. The molecule has 1 aliphatic rings. The molecule has 0 radical (unpaired) electrons. The van der Waals surface area contributed by atoms with Gasteiger partial charge in [-0.15, -0.1) is 0 Å². The normalized spacial score (nSPS) is 27.3. The van der Waals surface area contributed by atoms with Crippen LogP contribution < -0.4 is 10.1 Å². The van der Waals surface area contributed by atoms with Crippen molar-refractivity contribution in [2.45, 2.75) is 51.2 Å². The Labute approximate surface area is 116 Å². The molecular formula is C16H25NO2. The molecule has 106 valence electrons. The van der Waals surface area contributed by atoms with Crippen molar-refractivity contribution in [3.8, 4) is 5.75 Å². The average Bonchev–Trinajstić information content (AvgIpc) is 2.43. The van der Waals surface area contributed by atoms with E-state index in [-0.39, 0.29) is 18.2 Å². The summed E-state index contributed by atoms with van der Waals surface area (Å²) in [4.78, 5) is 0. The number of aryl methyl sites for hydroxylation is 2. The molecule has 1 saturated carbocycles. The Morgan fingerprint density at radius 1 is 1.42 bits per heavy atom. The molecule has 2 N–H and O–H groups in total. The Morgan fingerprint density at radius 2 is 2.21 bits per heavy atom. The lowest BCUT2D eigenvalue weighted by molar-refractivity contribution is 0.0551. The fraction of sp³-hybridized carbons (Fsp3) is 0.625. The first kappa shape index (κ1) is 14.4. The highest BCUT2D eigenvalue weighted by atomic mass is 16.5. The van der Waals surface area contributed by atoms with E-state index in [0.717, 1.165) is 31.4 Å². The number of aliphatic hydroxyl groups excluding tert-OH is 1. The van der Waals surface area contributed by atoms with Crippen LogP contribution in [-0.2, 0) is 0 Å². The molecule has 0 saturated heterocycles. The Balaban J connectivity index is 2.08. The Morgan fingerprint density at radius 3 is 2.89 bits per heavy atom. The molecule has 1 aromatic rings. The van der Waals surface area contributed by atoms with E-state index in [1.807, 2.05) is 7.05 Å². The SMILES string of the molecule is CNC1(CO)CCCC(Oc2cc(C)ccc2C)C1. The molecule has 2 atom stereocenters. The van der Waals surface area contributed by atoms with E-state index in [1.165, 1.54) is 11.1 Å². The molecule has 0 amide bonds. The number of aliphatic hydroxyl groups is 1. The predicted octanol–water partition coefficient (Wildman–Crippen LogP) is 2.58. The van der Waals surface area contributed by atoms with E-state index in [9.17, 15) is 5.11 Å². The number of rotatable bonds is 4. The van der Waals surface area contributed by atoms with Crippen molar-refractivity contribution in [1.82, 2.24) is 5.32 Å². The van der Waals surface area contributed by atoms with E-state index in [2.05, 4.69) is 37.4 Å².